The maximum Gasteiger partial charge on any atom is 0.238 e. The highest BCUT2D eigenvalue weighted by Crippen LogP contribution is 2.36. The molecule has 2 heterocycles. The van der Waals surface area contributed by atoms with Gasteiger partial charge in [0.05, 0.1) is 10.5 Å². The number of hydrogen-bond acceptors (Lipinski definition) is 6. The van der Waals surface area contributed by atoms with Gasteiger partial charge in [0, 0.05) is 50.7 Å². The Morgan fingerprint density at radius 3 is 2.34 bits per heavy atom. The summed E-state index contributed by atoms with van der Waals surface area (Å²) >= 11 is 0. The summed E-state index contributed by atoms with van der Waals surface area (Å²) in [6.45, 7) is 1.41. The van der Waals surface area contributed by atoms with Gasteiger partial charge < -0.3 is 13.9 Å². The number of nitrogens with two attached hydrogens (primary N) is 1. The lowest BCUT2D eigenvalue weighted by atomic mass is 9.85. The van der Waals surface area contributed by atoms with E-state index in [2.05, 4.69) is 24.3 Å². The third-order valence-electron chi connectivity index (χ3n) is 7.16. The van der Waals surface area contributed by atoms with E-state index in [1.54, 1.807) is 19.2 Å². The van der Waals surface area contributed by atoms with E-state index in [0.717, 1.165) is 42.5 Å². The van der Waals surface area contributed by atoms with Crippen LogP contribution in [0.15, 0.2) is 88.2 Å². The first kappa shape index (κ1) is 26.3. The third-order valence-corrected chi connectivity index (χ3v) is 8.09. The minimum atomic E-state index is -3.77. The van der Waals surface area contributed by atoms with Gasteiger partial charge in [-0.05, 0) is 48.2 Å². The van der Waals surface area contributed by atoms with E-state index < -0.39 is 10.0 Å². The molecule has 0 bridgehead atoms. The molecule has 38 heavy (non-hydrogen) atoms. The molecule has 1 aliphatic heterocycles. The molecule has 8 heteroatoms. The highest BCUT2D eigenvalue weighted by Gasteiger charge is 2.34. The number of sulfonamides is 1. The van der Waals surface area contributed by atoms with Crippen molar-refractivity contribution in [2.24, 2.45) is 5.14 Å². The highest BCUT2D eigenvalue weighted by atomic mass is 32.2. The van der Waals surface area contributed by atoms with Crippen LogP contribution in [0, 0.1) is 0 Å². The van der Waals surface area contributed by atoms with Crippen LogP contribution in [0.2, 0.25) is 0 Å². The van der Waals surface area contributed by atoms with Crippen LogP contribution in [0.5, 0.6) is 0 Å². The van der Waals surface area contributed by atoms with Crippen molar-refractivity contribution in [2.45, 2.75) is 42.6 Å². The second-order valence-electron chi connectivity index (χ2n) is 9.59. The average Bonchev–Trinajstić information content (AvgIpc) is 3.38. The Hall–Kier alpha value is -3.30. The van der Waals surface area contributed by atoms with Crippen molar-refractivity contribution in [3.63, 3.8) is 0 Å². The molecule has 7 nitrogen and oxygen atoms in total. The molecule has 2 N–H and O–H groups in total. The number of benzene rings is 3. The Kier molecular flexibility index (Phi) is 7.76. The largest absolute Gasteiger partial charge is 0.440 e. The zero-order chi connectivity index (χ0) is 26.6. The molecule has 3 aromatic carbocycles. The third kappa shape index (κ3) is 5.73. The molecule has 0 spiro atoms. The number of methoxy groups -OCH3 is 1. The molecular weight excluding hydrogens is 500 g/mol. The maximum absolute atomic E-state index is 11.7. The van der Waals surface area contributed by atoms with Crippen LogP contribution in [-0.2, 0) is 37.9 Å². The van der Waals surface area contributed by atoms with E-state index in [-0.39, 0.29) is 10.5 Å². The zero-order valence-corrected chi connectivity index (χ0v) is 22.2. The van der Waals surface area contributed by atoms with Gasteiger partial charge in [-0.15, -0.1) is 0 Å². The standard InChI is InChI=1S/C30H32N2O5S/c1-35-30(17-19-36-20-18-30)25-11-5-7-22(21-25)8-6-12-27-32-28(23-9-3-2-4-10-23)29(37-27)24-13-15-26(16-14-24)38(31,33)34/h2-5,7,9-11,13-16,21H,6,8,12,17-20H2,1H3,(H2,31,33,34). The molecule has 1 aromatic heterocycles. The summed E-state index contributed by atoms with van der Waals surface area (Å²) in [7, 11) is -1.99. The molecule has 0 radical (unpaired) electrons. The fraction of sp³-hybridized carbons (Fsp3) is 0.300. The predicted molar refractivity (Wildman–Crippen MR) is 146 cm³/mol. The molecule has 1 saturated heterocycles. The molecule has 4 aromatic rings. The van der Waals surface area contributed by atoms with Crippen LogP contribution in [0.25, 0.3) is 22.6 Å². The molecule has 1 fully saturated rings. The predicted octanol–water partition coefficient (Wildman–Crippen LogP) is 5.48. The Bertz CT molecular complexity index is 1470. The van der Waals surface area contributed by atoms with E-state index in [1.165, 1.54) is 23.3 Å². The van der Waals surface area contributed by atoms with Gasteiger partial charge in [0.1, 0.15) is 5.69 Å². The Labute approximate surface area is 223 Å². The number of oxazole rings is 1. The number of nitrogens with zero attached hydrogens (tertiary/aromatic N) is 1. The molecule has 5 rings (SSSR count). The summed E-state index contributed by atoms with van der Waals surface area (Å²) < 4.78 is 41.1. The van der Waals surface area contributed by atoms with E-state index in [4.69, 9.17) is 24.0 Å². The lowest BCUT2D eigenvalue weighted by molar-refractivity contribution is -0.0948. The van der Waals surface area contributed by atoms with Gasteiger partial charge in [-0.3, -0.25) is 0 Å². The van der Waals surface area contributed by atoms with Crippen LogP contribution in [0.1, 0.15) is 36.3 Å². The first-order chi connectivity index (χ1) is 18.4. The fourth-order valence-corrected chi connectivity index (χ4v) is 5.54. The maximum atomic E-state index is 11.7. The lowest BCUT2D eigenvalue weighted by Crippen LogP contribution is -2.35. The molecule has 198 valence electrons. The number of aryl methyl sites for hydroxylation is 2. The number of ether oxygens (including phenoxy) is 2. The minimum absolute atomic E-state index is 0.0560. The van der Waals surface area contributed by atoms with Gasteiger partial charge in [0.15, 0.2) is 11.7 Å². The van der Waals surface area contributed by atoms with Crippen molar-refractivity contribution in [3.8, 4) is 22.6 Å². The molecule has 0 unspecified atom stereocenters. The van der Waals surface area contributed by atoms with Gasteiger partial charge in [0.25, 0.3) is 0 Å². The van der Waals surface area contributed by atoms with Gasteiger partial charge in [0.2, 0.25) is 10.0 Å². The zero-order valence-electron chi connectivity index (χ0n) is 21.4. The number of aromatic nitrogens is 1. The Morgan fingerprint density at radius 2 is 1.66 bits per heavy atom. The van der Waals surface area contributed by atoms with Crippen LogP contribution in [0.3, 0.4) is 0 Å². The van der Waals surface area contributed by atoms with E-state index in [1.807, 2.05) is 30.3 Å². The second kappa shape index (κ2) is 11.2. The Morgan fingerprint density at radius 1 is 0.921 bits per heavy atom. The average molecular weight is 533 g/mol. The monoisotopic (exact) mass is 532 g/mol. The van der Waals surface area contributed by atoms with Crippen molar-refractivity contribution in [1.82, 2.24) is 4.98 Å². The van der Waals surface area contributed by atoms with E-state index in [0.29, 0.717) is 31.3 Å². The van der Waals surface area contributed by atoms with Gasteiger partial charge >= 0.3 is 0 Å². The normalized spacial score (nSPS) is 15.4. The quantitative estimate of drug-likeness (QED) is 0.306. The minimum Gasteiger partial charge on any atom is -0.440 e. The first-order valence-corrected chi connectivity index (χ1v) is 14.3. The molecule has 0 aliphatic carbocycles. The van der Waals surface area contributed by atoms with Crippen molar-refractivity contribution >= 4 is 10.0 Å². The summed E-state index contributed by atoms with van der Waals surface area (Å²) in [4.78, 5) is 4.89. The van der Waals surface area contributed by atoms with Crippen molar-refractivity contribution in [3.05, 3.63) is 95.9 Å². The Balaban J connectivity index is 1.35. The number of rotatable bonds is 9. The highest BCUT2D eigenvalue weighted by molar-refractivity contribution is 7.89. The summed E-state index contributed by atoms with van der Waals surface area (Å²) in [6.07, 6.45) is 4.12. The first-order valence-electron chi connectivity index (χ1n) is 12.8. The SMILES string of the molecule is COC1(c2cccc(CCCc3nc(-c4ccccc4)c(-c4ccc(S(N)(=O)=O)cc4)o3)c2)CCOCC1. The molecule has 0 atom stereocenters. The van der Waals surface area contributed by atoms with Gasteiger partial charge in [-0.2, -0.15) is 0 Å². The topological polar surface area (TPSA) is 105 Å². The van der Waals surface area contributed by atoms with E-state index in [9.17, 15) is 8.42 Å². The van der Waals surface area contributed by atoms with Crippen LogP contribution >= 0.6 is 0 Å². The van der Waals surface area contributed by atoms with Crippen molar-refractivity contribution in [2.75, 3.05) is 20.3 Å². The fourth-order valence-electron chi connectivity index (χ4n) is 5.02. The molecule has 0 amide bonds. The van der Waals surface area contributed by atoms with Crippen molar-refractivity contribution in [1.29, 1.82) is 0 Å². The van der Waals surface area contributed by atoms with E-state index >= 15 is 0 Å². The van der Waals surface area contributed by atoms with Crippen molar-refractivity contribution < 1.29 is 22.3 Å². The van der Waals surface area contributed by atoms with Crippen LogP contribution in [0.4, 0.5) is 0 Å². The lowest BCUT2D eigenvalue weighted by Gasteiger charge is -2.36. The summed E-state index contributed by atoms with van der Waals surface area (Å²) in [5.74, 6) is 1.25. The van der Waals surface area contributed by atoms with Gasteiger partial charge in [-0.1, -0.05) is 54.6 Å². The molecular formula is C30H32N2O5S. The van der Waals surface area contributed by atoms with Crippen LogP contribution in [-0.4, -0.2) is 33.7 Å². The molecule has 1 aliphatic rings. The summed E-state index contributed by atoms with van der Waals surface area (Å²) in [6, 6.07) is 24.8. The summed E-state index contributed by atoms with van der Waals surface area (Å²) in [5, 5.41) is 5.26. The smallest absolute Gasteiger partial charge is 0.238 e. The number of hydrogen-bond donors (Lipinski definition) is 1. The second-order valence-corrected chi connectivity index (χ2v) is 11.1. The van der Waals surface area contributed by atoms with Crippen LogP contribution < -0.4 is 5.14 Å². The summed E-state index contributed by atoms with van der Waals surface area (Å²) in [5.41, 5.74) is 4.57. The number of primary sulfonamides is 1. The van der Waals surface area contributed by atoms with Gasteiger partial charge in [-0.25, -0.2) is 18.5 Å². The molecule has 0 saturated carbocycles.